The number of carbonyl (C=O) groups is 3. The van der Waals surface area contributed by atoms with Crippen LogP contribution in [0, 0.1) is 5.92 Å². The van der Waals surface area contributed by atoms with Gasteiger partial charge < -0.3 is 14.7 Å². The Morgan fingerprint density at radius 1 is 0.605 bits per heavy atom. The van der Waals surface area contributed by atoms with Gasteiger partial charge >= 0.3 is 0 Å². The lowest BCUT2D eigenvalue weighted by Crippen LogP contribution is -2.43. The molecule has 0 N–H and O–H groups in total. The largest absolute Gasteiger partial charge is 0.339 e. The molecule has 2 heterocycles. The maximum absolute atomic E-state index is 12.3. The molecule has 0 saturated heterocycles. The predicted octanol–water partition coefficient (Wildman–Crippen LogP) is 7.10. The topological polar surface area (TPSA) is 60.9 Å². The summed E-state index contributed by atoms with van der Waals surface area (Å²) >= 11 is 0. The molecule has 4 rings (SSSR count). The summed E-state index contributed by atoms with van der Waals surface area (Å²) in [5.41, 5.74) is 3.31. The molecule has 6 heteroatoms. The van der Waals surface area contributed by atoms with Gasteiger partial charge in [-0.2, -0.15) is 0 Å². The number of rotatable bonds is 0. The number of likely N-dealkylation sites (N-methyl/N-ethyl adjacent to an activating group) is 2. The Morgan fingerprint density at radius 2 is 1.05 bits per heavy atom. The van der Waals surface area contributed by atoms with E-state index in [2.05, 4.69) is 26.8 Å². The average Bonchev–Trinajstić information content (AvgIpc) is 3.09. The molecule has 2 aromatic rings. The lowest BCUT2D eigenvalue weighted by molar-refractivity contribution is -0.121. The normalized spacial score (nSPS) is 21.8. The van der Waals surface area contributed by atoms with Crippen LogP contribution in [-0.2, 0) is 4.79 Å². The van der Waals surface area contributed by atoms with Gasteiger partial charge in [-0.05, 0) is 49.4 Å². The SMILES string of the molecule is CC.CC.CC.CC1C(=O)N(C)c2ccccc2C(=O)N1C.CC1c2ccccc2C(=O)N(C)C(C)C1C. The van der Waals surface area contributed by atoms with Crippen LogP contribution in [0.15, 0.2) is 48.5 Å². The first kappa shape index (κ1) is 34.9. The van der Waals surface area contributed by atoms with Crippen LogP contribution < -0.4 is 4.90 Å². The standard InChI is InChI=1S/C14H19NO.C12H14N2O2.3C2H6/c1-9-10(2)12-7-5-6-8-13(12)14(16)15(4)11(9)3;1-8-11(15)14(3)10-7-5-4-6-9(10)12(16)13(8)2;3*1-2/h5-11H,1-4H3;4-8H,1-3H3;3*1-2H3. The quantitative estimate of drug-likeness (QED) is 0.368. The van der Waals surface area contributed by atoms with Crippen molar-refractivity contribution in [3.63, 3.8) is 0 Å². The Labute approximate surface area is 232 Å². The second-order valence-corrected chi connectivity index (χ2v) is 8.90. The fourth-order valence-electron chi connectivity index (χ4n) is 4.39. The summed E-state index contributed by atoms with van der Waals surface area (Å²) in [5, 5.41) is 0. The monoisotopic (exact) mass is 525 g/mol. The first-order valence-electron chi connectivity index (χ1n) is 14.1. The lowest BCUT2D eigenvalue weighted by Gasteiger charge is -2.29. The van der Waals surface area contributed by atoms with E-state index in [-0.39, 0.29) is 23.8 Å². The molecule has 0 aliphatic carbocycles. The van der Waals surface area contributed by atoms with Crippen LogP contribution in [0.5, 0.6) is 0 Å². The minimum atomic E-state index is -0.426. The zero-order valence-corrected chi connectivity index (χ0v) is 26.0. The molecule has 2 aliphatic rings. The number of para-hydroxylation sites is 1. The molecule has 3 amide bonds. The van der Waals surface area contributed by atoms with Crippen LogP contribution in [0.25, 0.3) is 0 Å². The zero-order chi connectivity index (χ0) is 29.7. The first-order chi connectivity index (χ1) is 18.1. The highest BCUT2D eigenvalue weighted by atomic mass is 16.2. The maximum Gasteiger partial charge on any atom is 0.256 e. The number of carbonyl (C=O) groups excluding carboxylic acids is 3. The molecule has 38 heavy (non-hydrogen) atoms. The molecule has 6 nitrogen and oxygen atoms in total. The Hall–Kier alpha value is -3.15. The summed E-state index contributed by atoms with van der Waals surface area (Å²) in [5.74, 6) is 0.888. The molecule has 0 radical (unpaired) electrons. The van der Waals surface area contributed by atoms with Crippen LogP contribution in [-0.4, -0.2) is 60.7 Å². The van der Waals surface area contributed by atoms with E-state index in [4.69, 9.17) is 0 Å². The Morgan fingerprint density at radius 3 is 1.61 bits per heavy atom. The van der Waals surface area contributed by atoms with Crippen molar-refractivity contribution in [1.29, 1.82) is 0 Å². The van der Waals surface area contributed by atoms with Gasteiger partial charge in [0.2, 0.25) is 5.91 Å². The summed E-state index contributed by atoms with van der Waals surface area (Å²) in [6, 6.07) is 15.0. The lowest BCUT2D eigenvalue weighted by atomic mass is 9.84. The molecule has 4 atom stereocenters. The number of anilines is 1. The second kappa shape index (κ2) is 16.6. The van der Waals surface area contributed by atoms with E-state index in [0.29, 0.717) is 23.1 Å². The Balaban J connectivity index is 0.000000603. The van der Waals surface area contributed by atoms with E-state index >= 15 is 0 Å². The van der Waals surface area contributed by atoms with Gasteiger partial charge in [0, 0.05) is 32.7 Å². The van der Waals surface area contributed by atoms with Crippen LogP contribution >= 0.6 is 0 Å². The number of benzene rings is 2. The maximum atomic E-state index is 12.3. The minimum Gasteiger partial charge on any atom is -0.339 e. The molecule has 4 unspecified atom stereocenters. The second-order valence-electron chi connectivity index (χ2n) is 8.90. The van der Waals surface area contributed by atoms with Crippen molar-refractivity contribution < 1.29 is 14.4 Å². The Bertz CT molecular complexity index is 1040. The highest BCUT2D eigenvalue weighted by Crippen LogP contribution is 2.34. The zero-order valence-electron chi connectivity index (χ0n) is 26.0. The number of amides is 3. The minimum absolute atomic E-state index is 0.0687. The van der Waals surface area contributed by atoms with E-state index in [1.807, 2.05) is 77.8 Å². The molecule has 0 saturated carbocycles. The molecule has 0 aromatic heterocycles. The number of hydrogen-bond donors (Lipinski definition) is 0. The third-order valence-corrected chi connectivity index (χ3v) is 7.25. The highest BCUT2D eigenvalue weighted by Gasteiger charge is 2.34. The molecule has 0 spiro atoms. The Kier molecular flexibility index (Phi) is 15.3. The van der Waals surface area contributed by atoms with Crippen molar-refractivity contribution in [2.24, 2.45) is 5.92 Å². The highest BCUT2D eigenvalue weighted by molar-refractivity contribution is 6.10. The fourth-order valence-corrected chi connectivity index (χ4v) is 4.39. The van der Waals surface area contributed by atoms with Gasteiger partial charge in [0.1, 0.15) is 6.04 Å². The summed E-state index contributed by atoms with van der Waals surface area (Å²) in [6.07, 6.45) is 0. The predicted molar refractivity (Wildman–Crippen MR) is 161 cm³/mol. The molecule has 212 valence electrons. The van der Waals surface area contributed by atoms with Crippen molar-refractivity contribution in [3.8, 4) is 0 Å². The molecule has 2 aromatic carbocycles. The van der Waals surface area contributed by atoms with Crippen LogP contribution in [0.4, 0.5) is 5.69 Å². The van der Waals surface area contributed by atoms with E-state index in [9.17, 15) is 14.4 Å². The van der Waals surface area contributed by atoms with E-state index in [1.54, 1.807) is 44.1 Å². The third-order valence-electron chi connectivity index (χ3n) is 7.25. The summed E-state index contributed by atoms with van der Waals surface area (Å²) in [7, 11) is 5.25. The fraction of sp³-hybridized carbons (Fsp3) is 0.531. The van der Waals surface area contributed by atoms with Gasteiger partial charge in [0.15, 0.2) is 0 Å². The van der Waals surface area contributed by atoms with Crippen molar-refractivity contribution in [2.45, 2.75) is 87.2 Å². The smallest absolute Gasteiger partial charge is 0.256 e. The average molecular weight is 526 g/mol. The first-order valence-corrected chi connectivity index (χ1v) is 14.1. The number of hydrogen-bond acceptors (Lipinski definition) is 3. The van der Waals surface area contributed by atoms with Crippen molar-refractivity contribution in [1.82, 2.24) is 9.80 Å². The van der Waals surface area contributed by atoms with Gasteiger partial charge in [0.25, 0.3) is 11.8 Å². The van der Waals surface area contributed by atoms with Gasteiger partial charge in [-0.25, -0.2) is 0 Å². The number of fused-ring (bicyclic) bond motifs is 2. The van der Waals surface area contributed by atoms with Crippen LogP contribution in [0.3, 0.4) is 0 Å². The van der Waals surface area contributed by atoms with Gasteiger partial charge in [0.05, 0.1) is 11.3 Å². The molecule has 0 bridgehead atoms. The van der Waals surface area contributed by atoms with Gasteiger partial charge in [-0.1, -0.05) is 85.7 Å². The van der Waals surface area contributed by atoms with Crippen molar-refractivity contribution in [3.05, 3.63) is 65.2 Å². The van der Waals surface area contributed by atoms with E-state index in [0.717, 1.165) is 5.56 Å². The molecule has 2 aliphatic heterocycles. The molecular formula is C32H51N3O3. The van der Waals surface area contributed by atoms with Crippen molar-refractivity contribution >= 4 is 23.4 Å². The van der Waals surface area contributed by atoms with Crippen LogP contribution in [0.1, 0.15) is 101 Å². The summed E-state index contributed by atoms with van der Waals surface area (Å²) in [6.45, 7) is 20.3. The summed E-state index contributed by atoms with van der Waals surface area (Å²) in [4.78, 5) is 41.2. The van der Waals surface area contributed by atoms with E-state index < -0.39 is 6.04 Å². The van der Waals surface area contributed by atoms with Gasteiger partial charge in [-0.15, -0.1) is 0 Å². The van der Waals surface area contributed by atoms with Crippen LogP contribution in [0.2, 0.25) is 0 Å². The third kappa shape index (κ3) is 7.46. The van der Waals surface area contributed by atoms with Gasteiger partial charge in [-0.3, -0.25) is 14.4 Å². The molecule has 0 fully saturated rings. The molecular weight excluding hydrogens is 474 g/mol. The summed E-state index contributed by atoms with van der Waals surface area (Å²) < 4.78 is 0. The van der Waals surface area contributed by atoms with Crippen molar-refractivity contribution in [2.75, 3.05) is 26.0 Å². The van der Waals surface area contributed by atoms with E-state index in [1.165, 1.54) is 10.5 Å². The number of nitrogens with zero attached hydrogens (tertiary/aromatic N) is 3.